The SMILES string of the molecule is O=[N+]([O-])c1ccccc1S(=O)(=O)NCc1cn(C2CCNCC2)nn1. The molecule has 2 N–H and O–H groups in total. The Bertz CT molecular complexity index is 860. The topological polar surface area (TPSA) is 132 Å². The summed E-state index contributed by atoms with van der Waals surface area (Å²) >= 11 is 0. The molecule has 0 radical (unpaired) electrons. The lowest BCUT2D eigenvalue weighted by Crippen LogP contribution is -2.29. The molecule has 10 nitrogen and oxygen atoms in total. The Morgan fingerprint density at radius 1 is 1.32 bits per heavy atom. The summed E-state index contributed by atoms with van der Waals surface area (Å²) in [4.78, 5) is 9.91. The quantitative estimate of drug-likeness (QED) is 0.565. The Morgan fingerprint density at radius 2 is 2.04 bits per heavy atom. The minimum atomic E-state index is -4.03. The smallest absolute Gasteiger partial charge is 0.289 e. The molecule has 0 spiro atoms. The van der Waals surface area contributed by atoms with Crippen molar-refractivity contribution in [1.82, 2.24) is 25.0 Å². The zero-order valence-electron chi connectivity index (χ0n) is 13.3. The third kappa shape index (κ3) is 4.00. The van der Waals surface area contributed by atoms with E-state index in [1.54, 1.807) is 10.9 Å². The second-order valence-electron chi connectivity index (χ2n) is 5.72. The number of hydrogen-bond acceptors (Lipinski definition) is 7. The number of nitrogens with zero attached hydrogens (tertiary/aromatic N) is 4. The predicted octanol–water partition coefficient (Wildman–Crippen LogP) is 0.589. The van der Waals surface area contributed by atoms with Crippen LogP contribution in [0.2, 0.25) is 0 Å². The number of nitro groups is 1. The molecule has 1 aromatic heterocycles. The molecular formula is C14H18N6O4S. The average molecular weight is 366 g/mol. The summed E-state index contributed by atoms with van der Waals surface area (Å²) < 4.78 is 28.8. The maximum atomic E-state index is 12.4. The second kappa shape index (κ2) is 7.25. The van der Waals surface area contributed by atoms with Gasteiger partial charge in [-0.1, -0.05) is 17.3 Å². The van der Waals surface area contributed by atoms with Crippen LogP contribution in [0.5, 0.6) is 0 Å². The van der Waals surface area contributed by atoms with Crippen molar-refractivity contribution < 1.29 is 13.3 Å². The van der Waals surface area contributed by atoms with Gasteiger partial charge < -0.3 is 5.32 Å². The Balaban J connectivity index is 1.71. The highest BCUT2D eigenvalue weighted by atomic mass is 32.2. The molecule has 1 saturated heterocycles. The van der Waals surface area contributed by atoms with E-state index >= 15 is 0 Å². The van der Waals surface area contributed by atoms with E-state index in [9.17, 15) is 18.5 Å². The largest absolute Gasteiger partial charge is 0.317 e. The molecule has 1 aliphatic rings. The molecule has 0 aliphatic carbocycles. The van der Waals surface area contributed by atoms with Gasteiger partial charge in [0.15, 0.2) is 4.90 Å². The van der Waals surface area contributed by atoms with Crippen molar-refractivity contribution in [3.8, 4) is 0 Å². The molecule has 134 valence electrons. The van der Waals surface area contributed by atoms with Crippen LogP contribution in [0.1, 0.15) is 24.6 Å². The molecule has 25 heavy (non-hydrogen) atoms. The van der Waals surface area contributed by atoms with Crippen molar-refractivity contribution in [2.24, 2.45) is 0 Å². The predicted molar refractivity (Wildman–Crippen MR) is 88.3 cm³/mol. The molecule has 0 bridgehead atoms. The van der Waals surface area contributed by atoms with E-state index in [2.05, 4.69) is 20.4 Å². The van der Waals surface area contributed by atoms with Gasteiger partial charge in [-0.3, -0.25) is 10.1 Å². The number of nitro benzene ring substituents is 1. The Morgan fingerprint density at radius 3 is 2.76 bits per heavy atom. The molecular weight excluding hydrogens is 348 g/mol. The van der Waals surface area contributed by atoms with Gasteiger partial charge >= 0.3 is 0 Å². The van der Waals surface area contributed by atoms with E-state index in [-0.39, 0.29) is 17.5 Å². The normalized spacial score (nSPS) is 16.0. The number of aromatic nitrogens is 3. The van der Waals surface area contributed by atoms with Crippen LogP contribution < -0.4 is 10.0 Å². The molecule has 0 saturated carbocycles. The van der Waals surface area contributed by atoms with Crippen molar-refractivity contribution in [2.45, 2.75) is 30.3 Å². The van der Waals surface area contributed by atoms with Gasteiger partial charge in [-0.25, -0.2) is 17.8 Å². The zero-order chi connectivity index (χ0) is 17.9. The van der Waals surface area contributed by atoms with Gasteiger partial charge in [0, 0.05) is 6.07 Å². The molecule has 0 amide bonds. The van der Waals surface area contributed by atoms with Crippen LogP contribution in [0.15, 0.2) is 35.4 Å². The highest BCUT2D eigenvalue weighted by molar-refractivity contribution is 7.89. The number of nitrogens with one attached hydrogen (secondary N) is 2. The van der Waals surface area contributed by atoms with Crippen molar-refractivity contribution in [2.75, 3.05) is 13.1 Å². The van der Waals surface area contributed by atoms with E-state index in [1.165, 1.54) is 18.2 Å². The van der Waals surface area contributed by atoms with Crippen molar-refractivity contribution in [3.05, 3.63) is 46.3 Å². The lowest BCUT2D eigenvalue weighted by Gasteiger charge is -2.22. The van der Waals surface area contributed by atoms with Gasteiger partial charge in [0.25, 0.3) is 5.69 Å². The Labute approximate surface area is 144 Å². The number of piperidine rings is 1. The molecule has 2 heterocycles. The van der Waals surface area contributed by atoms with Crippen LogP contribution >= 0.6 is 0 Å². The molecule has 0 atom stereocenters. The van der Waals surface area contributed by atoms with E-state index < -0.39 is 20.6 Å². The van der Waals surface area contributed by atoms with Gasteiger partial charge in [0.1, 0.15) is 0 Å². The molecule has 1 fully saturated rings. The number of rotatable bonds is 6. The van der Waals surface area contributed by atoms with Crippen LogP contribution in [0.4, 0.5) is 5.69 Å². The third-order valence-corrected chi connectivity index (χ3v) is 5.48. The lowest BCUT2D eigenvalue weighted by molar-refractivity contribution is -0.387. The first kappa shape index (κ1) is 17.5. The second-order valence-corrected chi connectivity index (χ2v) is 7.46. The molecule has 0 unspecified atom stereocenters. The summed E-state index contributed by atoms with van der Waals surface area (Å²) in [5, 5.41) is 22.3. The van der Waals surface area contributed by atoms with Crippen LogP contribution in [-0.4, -0.2) is 41.4 Å². The summed E-state index contributed by atoms with van der Waals surface area (Å²) in [7, 11) is -4.03. The summed E-state index contributed by atoms with van der Waals surface area (Å²) in [6, 6.07) is 5.46. The number of sulfonamides is 1. The van der Waals surface area contributed by atoms with Crippen LogP contribution in [0.3, 0.4) is 0 Å². The first-order chi connectivity index (χ1) is 12.0. The molecule has 1 aromatic carbocycles. The number of para-hydroxylation sites is 1. The van der Waals surface area contributed by atoms with Crippen molar-refractivity contribution >= 4 is 15.7 Å². The van der Waals surface area contributed by atoms with Gasteiger partial charge in [0.2, 0.25) is 10.0 Å². The van der Waals surface area contributed by atoms with Crippen LogP contribution in [0.25, 0.3) is 0 Å². The minimum absolute atomic E-state index is 0.0840. The fraction of sp³-hybridized carbons (Fsp3) is 0.429. The van der Waals surface area contributed by atoms with Crippen molar-refractivity contribution in [3.63, 3.8) is 0 Å². The summed E-state index contributed by atoms with van der Waals surface area (Å²) in [5.74, 6) is 0. The van der Waals surface area contributed by atoms with Gasteiger partial charge in [-0.2, -0.15) is 0 Å². The van der Waals surface area contributed by atoms with Gasteiger partial charge in [-0.05, 0) is 32.0 Å². The van der Waals surface area contributed by atoms with E-state index in [1.807, 2.05) is 0 Å². The van der Waals surface area contributed by atoms with E-state index in [0.29, 0.717) is 5.69 Å². The van der Waals surface area contributed by atoms with Crippen molar-refractivity contribution in [1.29, 1.82) is 0 Å². The maximum absolute atomic E-state index is 12.4. The summed E-state index contributed by atoms with van der Waals surface area (Å²) in [6.45, 7) is 1.73. The molecule has 2 aromatic rings. The Hall–Kier alpha value is -2.37. The summed E-state index contributed by atoms with van der Waals surface area (Å²) in [5.41, 5.74) is -0.00551. The first-order valence-electron chi connectivity index (χ1n) is 7.82. The van der Waals surface area contributed by atoms with Gasteiger partial charge in [0.05, 0.1) is 29.4 Å². The molecule has 11 heteroatoms. The highest BCUT2D eigenvalue weighted by Crippen LogP contribution is 2.23. The zero-order valence-corrected chi connectivity index (χ0v) is 14.1. The molecule has 1 aliphatic heterocycles. The van der Waals surface area contributed by atoms with Gasteiger partial charge in [-0.15, -0.1) is 5.10 Å². The average Bonchev–Trinajstić information content (AvgIpc) is 3.10. The third-order valence-electron chi connectivity index (χ3n) is 4.04. The van der Waals surface area contributed by atoms with E-state index in [0.717, 1.165) is 32.0 Å². The fourth-order valence-corrected chi connectivity index (χ4v) is 3.90. The lowest BCUT2D eigenvalue weighted by atomic mass is 10.1. The minimum Gasteiger partial charge on any atom is -0.317 e. The monoisotopic (exact) mass is 366 g/mol. The Kier molecular flexibility index (Phi) is 5.06. The molecule has 3 rings (SSSR count). The number of benzene rings is 1. The van der Waals surface area contributed by atoms with Crippen LogP contribution in [-0.2, 0) is 16.6 Å². The highest BCUT2D eigenvalue weighted by Gasteiger charge is 2.25. The van der Waals surface area contributed by atoms with E-state index in [4.69, 9.17) is 0 Å². The van der Waals surface area contributed by atoms with Crippen LogP contribution in [0, 0.1) is 10.1 Å². The number of hydrogen-bond donors (Lipinski definition) is 2. The fourth-order valence-electron chi connectivity index (χ4n) is 2.73. The maximum Gasteiger partial charge on any atom is 0.289 e. The first-order valence-corrected chi connectivity index (χ1v) is 9.30. The summed E-state index contributed by atoms with van der Waals surface area (Å²) in [6.07, 6.45) is 3.58. The standard InChI is InChI=1S/C14H18N6O4S/c21-20(22)13-3-1-2-4-14(13)25(23,24)16-9-11-10-19(18-17-11)12-5-7-15-8-6-12/h1-4,10,12,15-16H,5-9H2.